The van der Waals surface area contributed by atoms with E-state index in [-0.39, 0.29) is 64.2 Å². The minimum absolute atomic E-state index is 0.0331. The SMILES string of the molecule is COc1nc(OCc2cccc(-c3cccc(COc4nc(OCc5cncc(C#N)c5)c(CNC[C@@H](O)CC(=O)O)cc4Br)c3C)c2C)c(Br)cc1CNC[C@@H](O)CC(=O)O. The molecule has 18 heteroatoms. The molecule has 5 rings (SSSR count). The molecular formula is C44H46Br2N6O10. The van der Waals surface area contributed by atoms with Crippen LogP contribution in [0, 0.1) is 25.2 Å². The second-order valence-electron chi connectivity index (χ2n) is 14.2. The molecule has 62 heavy (non-hydrogen) atoms. The van der Waals surface area contributed by atoms with Crippen molar-refractivity contribution in [2.24, 2.45) is 0 Å². The maximum Gasteiger partial charge on any atom is 0.306 e. The van der Waals surface area contributed by atoms with Gasteiger partial charge in [0, 0.05) is 55.3 Å². The number of pyridine rings is 3. The van der Waals surface area contributed by atoms with E-state index in [1.54, 1.807) is 24.4 Å². The number of halogens is 2. The third-order valence-corrected chi connectivity index (χ3v) is 10.7. The Morgan fingerprint density at radius 3 is 1.68 bits per heavy atom. The molecule has 0 saturated heterocycles. The lowest BCUT2D eigenvalue weighted by Crippen LogP contribution is -2.28. The summed E-state index contributed by atoms with van der Waals surface area (Å²) in [7, 11) is 1.50. The minimum atomic E-state index is -1.10. The van der Waals surface area contributed by atoms with E-state index in [4.69, 9.17) is 29.2 Å². The van der Waals surface area contributed by atoms with Crippen LogP contribution in [0.25, 0.3) is 11.1 Å². The summed E-state index contributed by atoms with van der Waals surface area (Å²) in [6.45, 7) is 5.13. The summed E-state index contributed by atoms with van der Waals surface area (Å²) in [6, 6.07) is 19.3. The molecule has 2 aromatic carbocycles. The van der Waals surface area contributed by atoms with Gasteiger partial charge in [0.25, 0.3) is 0 Å². The number of aliphatic carboxylic acids is 2. The first-order chi connectivity index (χ1) is 29.8. The Morgan fingerprint density at radius 1 is 0.710 bits per heavy atom. The van der Waals surface area contributed by atoms with E-state index in [9.17, 15) is 25.1 Å². The van der Waals surface area contributed by atoms with E-state index >= 15 is 0 Å². The number of carboxylic acids is 2. The van der Waals surface area contributed by atoms with E-state index in [0.29, 0.717) is 43.0 Å². The maximum absolute atomic E-state index is 11.0. The van der Waals surface area contributed by atoms with Crippen LogP contribution in [0.5, 0.6) is 23.5 Å². The van der Waals surface area contributed by atoms with Crippen LogP contribution in [0.2, 0.25) is 0 Å². The highest BCUT2D eigenvalue weighted by molar-refractivity contribution is 9.10. The summed E-state index contributed by atoms with van der Waals surface area (Å²) in [6.07, 6.45) is 0.173. The van der Waals surface area contributed by atoms with Crippen LogP contribution in [-0.4, -0.2) is 79.7 Å². The fourth-order valence-electron chi connectivity index (χ4n) is 6.37. The van der Waals surface area contributed by atoms with Gasteiger partial charge in [-0.05, 0) is 97.3 Å². The molecule has 2 atom stereocenters. The third kappa shape index (κ3) is 13.4. The molecule has 0 aliphatic heterocycles. The van der Waals surface area contributed by atoms with Crippen LogP contribution in [0.3, 0.4) is 0 Å². The zero-order valence-electron chi connectivity index (χ0n) is 34.2. The highest BCUT2D eigenvalue weighted by Gasteiger charge is 2.19. The van der Waals surface area contributed by atoms with Gasteiger partial charge in [-0.2, -0.15) is 15.2 Å². The lowest BCUT2D eigenvalue weighted by Gasteiger charge is -2.18. The van der Waals surface area contributed by atoms with E-state index in [1.807, 2.05) is 44.2 Å². The molecule has 0 saturated carbocycles. The van der Waals surface area contributed by atoms with Crippen LogP contribution in [-0.2, 0) is 42.5 Å². The first-order valence-electron chi connectivity index (χ1n) is 19.3. The van der Waals surface area contributed by atoms with Gasteiger partial charge in [0.15, 0.2) is 0 Å². The summed E-state index contributed by atoms with van der Waals surface area (Å²) in [5.74, 6) is -1.02. The third-order valence-electron chi connectivity index (χ3n) is 9.58. The number of hydrogen-bond acceptors (Lipinski definition) is 14. The number of rotatable bonds is 23. The summed E-state index contributed by atoms with van der Waals surface area (Å²) in [5, 5.41) is 53.2. The molecule has 0 amide bonds. The van der Waals surface area contributed by atoms with Crippen LogP contribution < -0.4 is 29.6 Å². The molecule has 3 heterocycles. The topological polar surface area (TPSA) is 238 Å². The number of aliphatic hydroxyl groups is 2. The first-order valence-corrected chi connectivity index (χ1v) is 20.9. The Kier molecular flexibility index (Phi) is 17.5. The molecule has 0 aliphatic carbocycles. The van der Waals surface area contributed by atoms with Crippen molar-refractivity contribution >= 4 is 43.8 Å². The molecule has 326 valence electrons. The number of aliphatic hydroxyl groups excluding tert-OH is 2. The van der Waals surface area contributed by atoms with Gasteiger partial charge in [0.05, 0.1) is 46.7 Å². The van der Waals surface area contributed by atoms with Crippen molar-refractivity contribution in [2.45, 2.75) is 71.8 Å². The fourth-order valence-corrected chi connectivity index (χ4v) is 7.33. The summed E-state index contributed by atoms with van der Waals surface area (Å²) < 4.78 is 25.3. The maximum atomic E-state index is 11.0. The lowest BCUT2D eigenvalue weighted by atomic mass is 9.92. The predicted octanol–water partition coefficient (Wildman–Crippen LogP) is 6.15. The van der Waals surface area contributed by atoms with Gasteiger partial charge in [-0.1, -0.05) is 36.4 Å². The van der Waals surface area contributed by atoms with Gasteiger partial charge in [-0.15, -0.1) is 0 Å². The number of nitriles is 1. The van der Waals surface area contributed by atoms with Gasteiger partial charge in [-0.3, -0.25) is 14.6 Å². The number of carbonyl (C=O) groups is 2. The van der Waals surface area contributed by atoms with E-state index in [1.165, 1.54) is 13.3 Å². The van der Waals surface area contributed by atoms with Crippen molar-refractivity contribution < 1.29 is 49.0 Å². The number of carboxylic acid groups (broad SMARTS) is 2. The lowest BCUT2D eigenvalue weighted by molar-refractivity contribution is -0.140. The Labute approximate surface area is 375 Å². The van der Waals surface area contributed by atoms with E-state index in [0.717, 1.165) is 33.4 Å². The molecule has 0 unspecified atom stereocenters. The van der Waals surface area contributed by atoms with Crippen molar-refractivity contribution in [1.82, 2.24) is 25.6 Å². The summed E-state index contributed by atoms with van der Waals surface area (Å²) in [5.41, 5.74) is 8.25. The highest BCUT2D eigenvalue weighted by atomic mass is 79.9. The van der Waals surface area contributed by atoms with Crippen molar-refractivity contribution in [2.75, 3.05) is 20.2 Å². The van der Waals surface area contributed by atoms with Crippen molar-refractivity contribution in [3.63, 3.8) is 0 Å². The molecular weight excluding hydrogens is 932 g/mol. The number of benzene rings is 2. The number of methoxy groups -OCH3 is 1. The highest BCUT2D eigenvalue weighted by Crippen LogP contribution is 2.35. The molecule has 0 fully saturated rings. The Morgan fingerprint density at radius 2 is 1.19 bits per heavy atom. The van der Waals surface area contributed by atoms with Crippen molar-refractivity contribution in [3.8, 4) is 40.7 Å². The average Bonchev–Trinajstić information content (AvgIpc) is 3.23. The molecule has 0 radical (unpaired) electrons. The van der Waals surface area contributed by atoms with E-state index < -0.39 is 30.6 Å². The Bertz CT molecular complexity index is 2410. The monoisotopic (exact) mass is 976 g/mol. The zero-order chi connectivity index (χ0) is 44.8. The standard InChI is InChI=1S/C44H46Br2N6O10/c1-25-29(23-61-43-37(45)11-31(41(51-43)59-3)18-49-20-33(53)13-39(55)56)6-4-8-35(25)36-9-5-7-30(26(36)2)24-62-44-38(46)12-32(19-50-21-34(54)14-40(57)58)42(52-44)60-22-28-10-27(15-47)16-48-17-28/h4-12,16-17,33-34,49-50,53-54H,13-14,18-24H2,1-3H3,(H,55,56)(H,57,58)/t33-,34-/m0/s1. The molecule has 0 spiro atoms. The molecule has 5 aromatic rings. The fraction of sp³-hybridized carbons (Fsp3) is 0.318. The molecule has 16 nitrogen and oxygen atoms in total. The van der Waals surface area contributed by atoms with Crippen molar-refractivity contribution in [1.29, 1.82) is 5.26 Å². The number of nitrogens with zero attached hydrogens (tertiary/aromatic N) is 4. The smallest absolute Gasteiger partial charge is 0.306 e. The molecule has 3 aromatic heterocycles. The van der Waals surface area contributed by atoms with Crippen molar-refractivity contribution in [3.05, 3.63) is 120 Å². The minimum Gasteiger partial charge on any atom is -0.481 e. The van der Waals surface area contributed by atoms with Crippen LogP contribution >= 0.6 is 31.9 Å². The van der Waals surface area contributed by atoms with Gasteiger partial charge < -0.3 is 50.0 Å². The zero-order valence-corrected chi connectivity index (χ0v) is 37.3. The number of hydrogen-bond donors (Lipinski definition) is 6. The molecule has 0 aliphatic rings. The first kappa shape index (κ1) is 47.4. The van der Waals surface area contributed by atoms with E-state index in [2.05, 4.69) is 69.6 Å². The van der Waals surface area contributed by atoms with Crippen LogP contribution in [0.1, 0.15) is 57.3 Å². The number of aromatic nitrogens is 3. The summed E-state index contributed by atoms with van der Waals surface area (Å²) in [4.78, 5) is 35.2. The van der Waals surface area contributed by atoms with Crippen LogP contribution in [0.15, 0.2) is 75.9 Å². The molecule has 6 N–H and O–H groups in total. The second-order valence-corrected chi connectivity index (χ2v) is 15.9. The predicted molar refractivity (Wildman–Crippen MR) is 234 cm³/mol. The number of nitrogens with one attached hydrogen (secondary N) is 2. The average molecular weight is 979 g/mol. The van der Waals surface area contributed by atoms with Gasteiger partial charge in [-0.25, -0.2) is 0 Å². The summed E-state index contributed by atoms with van der Waals surface area (Å²) >= 11 is 7.13. The van der Waals surface area contributed by atoms with Gasteiger partial charge >= 0.3 is 11.9 Å². The Balaban J connectivity index is 1.30. The van der Waals surface area contributed by atoms with Gasteiger partial charge in [0.1, 0.15) is 25.9 Å². The largest absolute Gasteiger partial charge is 0.481 e. The van der Waals surface area contributed by atoms with Gasteiger partial charge in [0.2, 0.25) is 23.5 Å². The quantitative estimate of drug-likeness (QED) is 0.0431. The Hall–Kier alpha value is -5.68. The number of ether oxygens (including phenoxy) is 4. The van der Waals surface area contributed by atoms with Crippen LogP contribution in [0.4, 0.5) is 0 Å². The normalized spacial score (nSPS) is 12.0. The second kappa shape index (κ2) is 23.0. The molecule has 0 bridgehead atoms.